The van der Waals surface area contributed by atoms with Gasteiger partial charge >= 0.3 is 59.2 Å². The molecule has 0 aromatic heterocycles. The van der Waals surface area contributed by atoms with Crippen LogP contribution in [0.5, 0.6) is 11.5 Å². The monoisotopic (exact) mass is 500 g/mol. The summed E-state index contributed by atoms with van der Waals surface area (Å²) in [4.78, 5) is 19.8. The number of phosphoric ester groups is 1. The van der Waals surface area contributed by atoms with Gasteiger partial charge in [-0.2, -0.15) is 0 Å². The van der Waals surface area contributed by atoms with Gasteiger partial charge in [-0.05, 0) is 110 Å². The fourth-order valence-electron chi connectivity index (χ4n) is 3.90. The van der Waals surface area contributed by atoms with Crippen LogP contribution in [0.25, 0.3) is 0 Å². The Hall–Kier alpha value is -0.174. The summed E-state index contributed by atoms with van der Waals surface area (Å²) in [5.41, 5.74) is 4.89. The maximum Gasteiger partial charge on any atom is 1.00 e. The first kappa shape index (κ1) is 30.9. The van der Waals surface area contributed by atoms with Gasteiger partial charge < -0.3 is 19.0 Å². The SMILES string of the molecule is CC(C)=CCC/C(C)=C/CC/C(C)=C/CCC1(C)CCc2cc(OP(=O)([O-])O)ccc2O1.[K+]. The molecular weight excluding hydrogens is 462 g/mol. The summed E-state index contributed by atoms with van der Waals surface area (Å²) in [6.07, 6.45) is 14.9. The topological polar surface area (TPSA) is 78.8 Å². The second-order valence-electron chi connectivity index (χ2n) is 9.38. The van der Waals surface area contributed by atoms with Crippen molar-refractivity contribution < 1.29 is 75.0 Å². The molecule has 1 N–H and O–H groups in total. The zero-order valence-corrected chi connectivity index (χ0v) is 25.2. The van der Waals surface area contributed by atoms with Crippen LogP contribution in [0.1, 0.15) is 85.1 Å². The van der Waals surface area contributed by atoms with Crippen molar-refractivity contribution in [2.24, 2.45) is 0 Å². The van der Waals surface area contributed by atoms with Crippen LogP contribution >= 0.6 is 7.82 Å². The van der Waals surface area contributed by atoms with Crippen LogP contribution in [0.2, 0.25) is 0 Å². The molecule has 0 aliphatic carbocycles. The molecule has 2 unspecified atom stereocenters. The van der Waals surface area contributed by atoms with Gasteiger partial charge in [0, 0.05) is 0 Å². The summed E-state index contributed by atoms with van der Waals surface area (Å²) >= 11 is 0. The molecule has 0 bridgehead atoms. The first-order valence-electron chi connectivity index (χ1n) is 11.5. The van der Waals surface area contributed by atoms with E-state index in [1.807, 2.05) is 0 Å². The molecule has 1 aliphatic rings. The quantitative estimate of drug-likeness (QED) is 0.284. The third-order valence-corrected chi connectivity index (χ3v) is 6.26. The van der Waals surface area contributed by atoms with Gasteiger partial charge in [-0.1, -0.05) is 34.9 Å². The summed E-state index contributed by atoms with van der Waals surface area (Å²) in [7, 11) is -4.80. The number of hydrogen-bond acceptors (Lipinski definition) is 4. The van der Waals surface area contributed by atoms with E-state index in [0.29, 0.717) is 0 Å². The number of aryl methyl sites for hydroxylation is 1. The van der Waals surface area contributed by atoms with E-state index in [4.69, 9.17) is 9.63 Å². The molecule has 0 amide bonds. The number of ether oxygens (including phenoxy) is 1. The molecule has 2 rings (SSSR count). The van der Waals surface area contributed by atoms with Gasteiger partial charge in [-0.15, -0.1) is 0 Å². The van der Waals surface area contributed by atoms with Crippen molar-refractivity contribution in [3.8, 4) is 11.5 Å². The van der Waals surface area contributed by atoms with E-state index in [2.05, 4.69) is 57.4 Å². The smallest absolute Gasteiger partial charge is 0.746 e. The Kier molecular flexibility index (Phi) is 13.5. The first-order chi connectivity index (χ1) is 15.0. The maximum absolute atomic E-state index is 10.9. The van der Waals surface area contributed by atoms with Crippen LogP contribution < -0.4 is 65.5 Å². The van der Waals surface area contributed by atoms with E-state index in [-0.39, 0.29) is 62.7 Å². The summed E-state index contributed by atoms with van der Waals surface area (Å²) in [6, 6.07) is 4.84. The fraction of sp³-hybridized carbons (Fsp3) is 0.538. The third-order valence-electron chi connectivity index (χ3n) is 5.82. The van der Waals surface area contributed by atoms with Crippen LogP contribution in [0, 0.1) is 0 Å². The molecule has 1 aromatic carbocycles. The second kappa shape index (κ2) is 14.4. The molecule has 7 heteroatoms. The van der Waals surface area contributed by atoms with Gasteiger partial charge in [0.05, 0.1) is 0 Å². The zero-order chi connectivity index (χ0) is 23.8. The molecule has 0 spiro atoms. The Morgan fingerprint density at radius 3 is 2.33 bits per heavy atom. The summed E-state index contributed by atoms with van der Waals surface area (Å²) in [5.74, 6) is 0.857. The van der Waals surface area contributed by atoms with E-state index in [9.17, 15) is 9.46 Å². The van der Waals surface area contributed by atoms with Crippen molar-refractivity contribution in [3.63, 3.8) is 0 Å². The molecule has 0 fully saturated rings. The number of hydrogen-bond donors (Lipinski definition) is 1. The molecule has 1 aromatic rings. The van der Waals surface area contributed by atoms with Gasteiger partial charge in [-0.25, -0.2) is 0 Å². The van der Waals surface area contributed by atoms with Crippen molar-refractivity contribution in [1.82, 2.24) is 0 Å². The van der Waals surface area contributed by atoms with Crippen molar-refractivity contribution in [3.05, 3.63) is 58.7 Å². The van der Waals surface area contributed by atoms with E-state index >= 15 is 0 Å². The van der Waals surface area contributed by atoms with E-state index in [0.717, 1.165) is 62.7 Å². The van der Waals surface area contributed by atoms with Crippen LogP contribution in [-0.2, 0) is 11.0 Å². The molecule has 0 saturated carbocycles. The number of phosphoric acid groups is 1. The van der Waals surface area contributed by atoms with Gasteiger partial charge in [0.1, 0.15) is 17.1 Å². The summed E-state index contributed by atoms with van der Waals surface area (Å²) < 4.78 is 21.7. The van der Waals surface area contributed by atoms with Crippen molar-refractivity contribution >= 4 is 7.82 Å². The van der Waals surface area contributed by atoms with Crippen LogP contribution in [-0.4, -0.2) is 10.5 Å². The van der Waals surface area contributed by atoms with E-state index < -0.39 is 7.82 Å². The van der Waals surface area contributed by atoms with E-state index in [1.54, 1.807) is 12.1 Å². The Balaban J connectivity index is 0.00000544. The summed E-state index contributed by atoms with van der Waals surface area (Å²) in [6.45, 7) is 10.8. The largest absolute Gasteiger partial charge is 1.00 e. The average molecular weight is 501 g/mol. The van der Waals surface area contributed by atoms with Gasteiger partial charge in [0.15, 0.2) is 0 Å². The molecule has 1 aliphatic heterocycles. The summed E-state index contributed by atoms with van der Waals surface area (Å²) in [5, 5.41) is 0. The Morgan fingerprint density at radius 2 is 1.73 bits per heavy atom. The van der Waals surface area contributed by atoms with Crippen molar-refractivity contribution in [1.29, 1.82) is 0 Å². The number of rotatable bonds is 11. The third kappa shape index (κ3) is 12.4. The van der Waals surface area contributed by atoms with Gasteiger partial charge in [-0.3, -0.25) is 4.57 Å². The van der Waals surface area contributed by atoms with Gasteiger partial charge in [0.25, 0.3) is 0 Å². The Labute approximate surface area is 242 Å². The standard InChI is InChI=1S/C26H39O5P.K/c1-20(2)9-6-10-21(3)11-7-12-22(4)13-8-17-26(5)18-16-23-19-24(31-32(27,28)29)14-15-25(23)30-26;/h9,11,13-15,19H,6-8,10,12,16-18H2,1-5H3,(H2,27,28,29);/q;+1/p-1/b21-11+,22-13+;. The minimum absolute atomic E-state index is 0. The number of fused-ring (bicyclic) bond motifs is 1. The Bertz CT molecular complexity index is 911. The first-order valence-corrected chi connectivity index (χ1v) is 13.0. The normalized spacial score (nSPS) is 20.1. The van der Waals surface area contributed by atoms with Crippen molar-refractivity contribution in [2.45, 2.75) is 91.6 Å². The predicted octanol–water partition coefficient (Wildman–Crippen LogP) is 3.81. The fourth-order valence-corrected chi connectivity index (χ4v) is 4.28. The maximum atomic E-state index is 10.9. The molecule has 2 atom stereocenters. The molecule has 1 heterocycles. The number of benzene rings is 1. The molecule has 0 saturated heterocycles. The minimum Gasteiger partial charge on any atom is -0.746 e. The Morgan fingerprint density at radius 1 is 1.12 bits per heavy atom. The molecule has 33 heavy (non-hydrogen) atoms. The predicted molar refractivity (Wildman–Crippen MR) is 129 cm³/mol. The van der Waals surface area contributed by atoms with Crippen LogP contribution in [0.3, 0.4) is 0 Å². The molecular formula is C26H38KO5P. The number of allylic oxidation sites excluding steroid dienone is 6. The van der Waals surface area contributed by atoms with Crippen LogP contribution in [0.15, 0.2) is 53.1 Å². The van der Waals surface area contributed by atoms with Crippen molar-refractivity contribution in [2.75, 3.05) is 0 Å². The molecule has 5 nitrogen and oxygen atoms in total. The minimum atomic E-state index is -4.80. The van der Waals surface area contributed by atoms with Gasteiger partial charge in [0.2, 0.25) is 0 Å². The second-order valence-corrected chi connectivity index (χ2v) is 10.5. The molecule has 178 valence electrons. The van der Waals surface area contributed by atoms with E-state index in [1.165, 1.54) is 22.8 Å². The average Bonchev–Trinajstić information content (AvgIpc) is 2.66. The molecule has 0 radical (unpaired) electrons. The zero-order valence-electron chi connectivity index (χ0n) is 21.1. The van der Waals surface area contributed by atoms with Crippen LogP contribution in [0.4, 0.5) is 0 Å².